The van der Waals surface area contributed by atoms with Crippen molar-refractivity contribution in [2.24, 2.45) is 5.41 Å². The van der Waals surface area contributed by atoms with Crippen LogP contribution in [0.25, 0.3) is 5.70 Å². The summed E-state index contributed by atoms with van der Waals surface area (Å²) < 4.78 is 38.8. The summed E-state index contributed by atoms with van der Waals surface area (Å²) in [6.07, 6.45) is -2.15. The van der Waals surface area contributed by atoms with Gasteiger partial charge in [-0.15, -0.1) is 0 Å². The van der Waals surface area contributed by atoms with Crippen molar-refractivity contribution in [3.8, 4) is 6.07 Å². The number of hydrogen-bond acceptors (Lipinski definition) is 5. The lowest BCUT2D eigenvalue weighted by Crippen LogP contribution is -2.34. The van der Waals surface area contributed by atoms with Crippen molar-refractivity contribution >= 4 is 11.5 Å². The van der Waals surface area contributed by atoms with Crippen LogP contribution in [0.15, 0.2) is 17.8 Å². The van der Waals surface area contributed by atoms with Crippen molar-refractivity contribution in [1.82, 2.24) is 9.88 Å². The number of carbonyl (C=O) groups is 1. The van der Waals surface area contributed by atoms with Crippen LogP contribution in [-0.2, 0) is 4.79 Å². The lowest BCUT2D eigenvalue weighted by molar-refractivity contribution is -0.208. The van der Waals surface area contributed by atoms with Crippen LogP contribution in [0.2, 0.25) is 0 Å². The lowest BCUT2D eigenvalue weighted by Gasteiger charge is -2.36. The van der Waals surface area contributed by atoms with Crippen molar-refractivity contribution < 1.29 is 23.1 Å². The lowest BCUT2D eigenvalue weighted by atomic mass is 9.91. The van der Waals surface area contributed by atoms with Gasteiger partial charge in [0, 0.05) is 24.8 Å². The first-order valence-corrected chi connectivity index (χ1v) is 9.20. The highest BCUT2D eigenvalue weighted by Gasteiger charge is 2.45. The molecule has 2 heterocycles. The molecule has 1 aromatic rings. The maximum absolute atomic E-state index is 12.9. The molecule has 1 saturated heterocycles. The van der Waals surface area contributed by atoms with Gasteiger partial charge in [0.2, 0.25) is 0 Å². The summed E-state index contributed by atoms with van der Waals surface area (Å²) in [5, 5.41) is 19.2. The molecule has 0 bridgehead atoms. The third-order valence-electron chi connectivity index (χ3n) is 5.77. The van der Waals surface area contributed by atoms with E-state index >= 15 is 0 Å². The average molecular weight is 393 g/mol. The number of pyridine rings is 1. The summed E-state index contributed by atoms with van der Waals surface area (Å²) >= 11 is 0. The van der Waals surface area contributed by atoms with Gasteiger partial charge in [-0.1, -0.05) is 0 Å². The van der Waals surface area contributed by atoms with E-state index in [0.717, 1.165) is 18.9 Å². The number of aliphatic hydroxyl groups excluding tert-OH is 1. The summed E-state index contributed by atoms with van der Waals surface area (Å²) in [6, 6.07) is 3.07. The summed E-state index contributed by atoms with van der Waals surface area (Å²) in [5.74, 6) is -0.446. The van der Waals surface area contributed by atoms with Crippen molar-refractivity contribution in [3.63, 3.8) is 0 Å². The average Bonchev–Trinajstić information content (AvgIpc) is 3.39. The number of aromatic nitrogens is 1. The number of aryl methyl sites for hydroxylation is 1. The van der Waals surface area contributed by atoms with Crippen LogP contribution >= 0.6 is 0 Å². The normalized spacial score (nSPS) is 20.4. The molecule has 0 aromatic carbocycles. The maximum Gasteiger partial charge on any atom is 0.420 e. The first-order valence-electron chi connectivity index (χ1n) is 9.20. The molecule has 1 atom stereocenters. The van der Waals surface area contributed by atoms with Gasteiger partial charge in [-0.2, -0.15) is 18.4 Å². The number of carbonyl (C=O) groups excluding carboxylic acids is 1. The molecule has 1 N–H and O–H groups in total. The molecular formula is C20H22F3N3O2. The number of hydrogen-bond donors (Lipinski definition) is 1. The number of allylic oxidation sites excluding steroid dienone is 1. The number of nitriles is 1. The molecule has 0 radical (unpaired) electrons. The van der Waals surface area contributed by atoms with E-state index in [2.05, 4.69) is 4.98 Å². The van der Waals surface area contributed by atoms with Gasteiger partial charge >= 0.3 is 6.18 Å². The molecule has 1 saturated carbocycles. The van der Waals surface area contributed by atoms with E-state index in [9.17, 15) is 28.3 Å². The second-order valence-electron chi connectivity index (χ2n) is 7.75. The number of ketones is 1. The number of halogens is 3. The molecule has 2 aliphatic rings. The molecule has 28 heavy (non-hydrogen) atoms. The van der Waals surface area contributed by atoms with Gasteiger partial charge in [0.1, 0.15) is 11.6 Å². The minimum absolute atomic E-state index is 0.0894. The number of rotatable bonds is 4. The zero-order chi connectivity index (χ0) is 20.7. The Labute approximate surface area is 161 Å². The van der Waals surface area contributed by atoms with Crippen LogP contribution in [0.1, 0.15) is 55.5 Å². The first kappa shape index (κ1) is 20.3. The highest BCUT2D eigenvalue weighted by atomic mass is 19.4. The molecule has 3 rings (SSSR count). The minimum Gasteiger partial charge on any atom is -0.378 e. The van der Waals surface area contributed by atoms with Crippen LogP contribution < -0.4 is 0 Å². The Morgan fingerprint density at radius 3 is 2.39 bits per heavy atom. The first-order chi connectivity index (χ1) is 13.1. The van der Waals surface area contributed by atoms with Crippen LogP contribution in [0, 0.1) is 23.7 Å². The highest BCUT2D eigenvalue weighted by Crippen LogP contribution is 2.54. The fourth-order valence-corrected chi connectivity index (χ4v) is 3.76. The Morgan fingerprint density at radius 2 is 1.93 bits per heavy atom. The van der Waals surface area contributed by atoms with Gasteiger partial charge in [0.15, 0.2) is 11.9 Å². The fraction of sp³-hybridized carbons (Fsp3) is 0.550. The van der Waals surface area contributed by atoms with Crippen molar-refractivity contribution in [1.29, 1.82) is 5.26 Å². The maximum atomic E-state index is 12.9. The molecule has 0 amide bonds. The second kappa shape index (κ2) is 7.21. The Kier molecular flexibility index (Phi) is 5.24. The van der Waals surface area contributed by atoms with Crippen molar-refractivity contribution in [2.45, 2.75) is 51.8 Å². The summed E-state index contributed by atoms with van der Waals surface area (Å²) in [4.78, 5) is 17.7. The quantitative estimate of drug-likeness (QED) is 0.624. The second-order valence-corrected chi connectivity index (χ2v) is 7.75. The third kappa shape index (κ3) is 3.90. The van der Waals surface area contributed by atoms with Crippen molar-refractivity contribution in [3.05, 3.63) is 34.7 Å². The van der Waals surface area contributed by atoms with Crippen LogP contribution in [0.3, 0.4) is 0 Å². The number of nitrogens with zero attached hydrogens (tertiary/aromatic N) is 3. The third-order valence-corrected chi connectivity index (χ3v) is 5.77. The molecule has 1 aromatic heterocycles. The minimum atomic E-state index is -4.86. The largest absolute Gasteiger partial charge is 0.420 e. The molecule has 1 aliphatic carbocycles. The van der Waals surface area contributed by atoms with Gasteiger partial charge in [-0.25, -0.2) is 0 Å². The number of likely N-dealkylation sites (tertiary alicyclic amines) is 1. The van der Waals surface area contributed by atoms with Gasteiger partial charge in [-0.05, 0) is 56.6 Å². The van der Waals surface area contributed by atoms with E-state index in [-0.39, 0.29) is 5.57 Å². The molecule has 1 spiro atoms. The molecule has 1 aliphatic heterocycles. The van der Waals surface area contributed by atoms with Crippen LogP contribution in [-0.4, -0.2) is 40.0 Å². The van der Waals surface area contributed by atoms with Crippen molar-refractivity contribution in [2.75, 3.05) is 13.1 Å². The Hall–Kier alpha value is -2.40. The smallest absolute Gasteiger partial charge is 0.378 e. The van der Waals surface area contributed by atoms with Gasteiger partial charge < -0.3 is 10.0 Å². The highest BCUT2D eigenvalue weighted by molar-refractivity contribution is 6.04. The standard InChI is InChI=1S/C20H22F3N3O2/c1-12-11-25-16(18(28)20(21,22)23)9-14(12)17(15(10-24)13(2)27)26-7-5-19(3-4-19)6-8-26/h9,11,18,28H,3-8H2,1-2H3/b17-15+. The van der Waals surface area contributed by atoms with E-state index in [1.54, 1.807) is 6.92 Å². The Morgan fingerprint density at radius 1 is 1.32 bits per heavy atom. The van der Waals surface area contributed by atoms with Gasteiger partial charge in [-0.3, -0.25) is 9.78 Å². The Balaban J connectivity index is 2.08. The van der Waals surface area contributed by atoms with Crippen LogP contribution in [0.4, 0.5) is 13.2 Å². The number of aliphatic hydroxyl groups is 1. The van der Waals surface area contributed by atoms with E-state index in [0.29, 0.717) is 35.3 Å². The molecule has 8 heteroatoms. The van der Waals surface area contributed by atoms with Gasteiger partial charge in [0.05, 0.1) is 11.4 Å². The number of piperidine rings is 1. The zero-order valence-corrected chi connectivity index (χ0v) is 15.8. The summed E-state index contributed by atoms with van der Waals surface area (Å²) in [7, 11) is 0. The summed E-state index contributed by atoms with van der Waals surface area (Å²) in [6.45, 7) is 4.19. The Bertz CT molecular complexity index is 856. The summed E-state index contributed by atoms with van der Waals surface area (Å²) in [5.41, 5.74) is 0.910. The molecular weight excluding hydrogens is 371 g/mol. The van der Waals surface area contributed by atoms with E-state index in [1.165, 1.54) is 26.0 Å². The molecule has 5 nitrogen and oxygen atoms in total. The predicted octanol–water partition coefficient (Wildman–Crippen LogP) is 3.69. The van der Waals surface area contributed by atoms with E-state index < -0.39 is 23.8 Å². The predicted molar refractivity (Wildman–Crippen MR) is 95.7 cm³/mol. The van der Waals surface area contributed by atoms with Crippen LogP contribution in [0.5, 0.6) is 0 Å². The SMILES string of the molecule is CC(=O)/C(C#N)=C(\c1cc(C(O)C(F)(F)F)ncc1C)N1CCC2(CC1)CC2. The topological polar surface area (TPSA) is 77.2 Å². The molecule has 150 valence electrons. The number of alkyl halides is 3. The van der Waals surface area contributed by atoms with E-state index in [4.69, 9.17) is 0 Å². The zero-order valence-electron chi connectivity index (χ0n) is 15.8. The molecule has 2 fully saturated rings. The molecule has 1 unspecified atom stereocenters. The number of Topliss-reactive ketones (excluding diaryl/α,β-unsaturated/α-hetero) is 1. The van der Waals surface area contributed by atoms with E-state index in [1.807, 2.05) is 11.0 Å². The fourth-order valence-electron chi connectivity index (χ4n) is 3.76. The van der Waals surface area contributed by atoms with Gasteiger partial charge in [0.25, 0.3) is 0 Å². The monoisotopic (exact) mass is 393 g/mol.